The molecular weight excluding hydrogens is 561 g/mol. The molecule has 4 aliphatic rings. The molecule has 3 fully saturated rings. The Balaban J connectivity index is 1.05. The smallest absolute Gasteiger partial charge is 0.417 e. The van der Waals surface area contributed by atoms with E-state index in [0.717, 1.165) is 83.1 Å². The van der Waals surface area contributed by atoms with Crippen LogP contribution in [-0.4, -0.2) is 77.6 Å². The Morgan fingerprint density at radius 2 is 1.56 bits per heavy atom. The van der Waals surface area contributed by atoms with Crippen LogP contribution in [0.25, 0.3) is 0 Å². The van der Waals surface area contributed by atoms with Crippen LogP contribution in [0.1, 0.15) is 63.4 Å². The molecule has 3 aliphatic heterocycles. The first-order valence-corrected chi connectivity index (χ1v) is 15.6. The van der Waals surface area contributed by atoms with Crippen LogP contribution in [0.2, 0.25) is 0 Å². The Morgan fingerprint density at radius 3 is 2.21 bits per heavy atom. The van der Waals surface area contributed by atoms with Crippen molar-refractivity contribution in [2.75, 3.05) is 37.7 Å². The number of piperidine rings is 2. The predicted octanol–water partition coefficient (Wildman–Crippen LogP) is 5.31. The summed E-state index contributed by atoms with van der Waals surface area (Å²) in [7, 11) is 0. The van der Waals surface area contributed by atoms with Gasteiger partial charge >= 0.3 is 6.18 Å². The van der Waals surface area contributed by atoms with E-state index in [1.807, 2.05) is 29.2 Å². The summed E-state index contributed by atoms with van der Waals surface area (Å²) < 4.78 is 51.3. The van der Waals surface area contributed by atoms with E-state index in [-0.39, 0.29) is 30.4 Å². The fourth-order valence-corrected chi connectivity index (χ4v) is 7.03. The Labute approximate surface area is 250 Å². The minimum atomic E-state index is -4.47. The van der Waals surface area contributed by atoms with Crippen LogP contribution in [0.3, 0.4) is 0 Å². The van der Waals surface area contributed by atoms with Gasteiger partial charge < -0.3 is 19.3 Å². The summed E-state index contributed by atoms with van der Waals surface area (Å²) in [6.45, 7) is 3.07. The van der Waals surface area contributed by atoms with Crippen molar-refractivity contribution in [2.45, 2.75) is 82.2 Å². The predicted molar refractivity (Wildman–Crippen MR) is 154 cm³/mol. The van der Waals surface area contributed by atoms with E-state index >= 15 is 0 Å². The molecule has 6 rings (SSSR count). The van der Waals surface area contributed by atoms with Gasteiger partial charge in [-0.15, -0.1) is 0 Å². The molecule has 1 saturated carbocycles. The summed E-state index contributed by atoms with van der Waals surface area (Å²) in [5, 5.41) is 0. The highest BCUT2D eigenvalue weighted by Gasteiger charge is 2.38. The van der Waals surface area contributed by atoms with Crippen LogP contribution in [0.15, 0.2) is 42.6 Å². The van der Waals surface area contributed by atoms with E-state index in [4.69, 9.17) is 9.47 Å². The number of halogens is 3. The number of ether oxygens (including phenoxy) is 2. The Hall–Kier alpha value is -3.34. The number of benzene rings is 1. The molecule has 0 spiro atoms. The number of amides is 2. The number of pyridine rings is 1. The molecule has 2 saturated heterocycles. The first kappa shape index (κ1) is 29.7. The molecule has 1 atom stereocenters. The first-order chi connectivity index (χ1) is 20.8. The zero-order valence-electron chi connectivity index (χ0n) is 24.3. The maximum Gasteiger partial charge on any atom is 0.417 e. The molecule has 11 heteroatoms. The number of rotatable bonds is 5. The minimum absolute atomic E-state index is 0.00577. The van der Waals surface area contributed by atoms with E-state index < -0.39 is 17.8 Å². The maximum absolute atomic E-state index is 13.8. The SMILES string of the molecule is O=C([C@@H]1COc2ccccc2O1)N1CCC(N2CCC(N(C(=O)C3CCCCC3)c3ccc(C(F)(F)F)cn3)CC2)CC1. The summed E-state index contributed by atoms with van der Waals surface area (Å²) in [6, 6.07) is 9.96. The summed E-state index contributed by atoms with van der Waals surface area (Å²) in [4.78, 5) is 37.1. The number of hydrogen-bond acceptors (Lipinski definition) is 6. The monoisotopic (exact) mass is 600 g/mol. The number of nitrogens with zero attached hydrogens (tertiary/aromatic N) is 4. The van der Waals surface area contributed by atoms with Crippen LogP contribution < -0.4 is 14.4 Å². The van der Waals surface area contributed by atoms with Gasteiger partial charge in [0.15, 0.2) is 11.5 Å². The average Bonchev–Trinajstić information content (AvgIpc) is 3.05. The molecule has 2 aromatic rings. The zero-order valence-corrected chi connectivity index (χ0v) is 24.3. The Morgan fingerprint density at radius 1 is 0.860 bits per heavy atom. The number of anilines is 1. The molecule has 8 nitrogen and oxygen atoms in total. The van der Waals surface area contributed by atoms with Crippen LogP contribution in [0.4, 0.5) is 19.0 Å². The van der Waals surface area contributed by atoms with Gasteiger partial charge in [0.25, 0.3) is 5.91 Å². The minimum Gasteiger partial charge on any atom is -0.485 e. The Kier molecular flexibility index (Phi) is 8.79. The van der Waals surface area contributed by atoms with Gasteiger partial charge in [-0.3, -0.25) is 14.5 Å². The topological polar surface area (TPSA) is 75.2 Å². The van der Waals surface area contributed by atoms with E-state index in [1.165, 1.54) is 6.07 Å². The highest BCUT2D eigenvalue weighted by atomic mass is 19.4. The molecule has 43 heavy (non-hydrogen) atoms. The fraction of sp³-hybridized carbons (Fsp3) is 0.594. The number of para-hydroxylation sites is 2. The third-order valence-corrected chi connectivity index (χ3v) is 9.45. The third kappa shape index (κ3) is 6.61. The van der Waals surface area contributed by atoms with Crippen molar-refractivity contribution in [1.29, 1.82) is 0 Å². The second-order valence-electron chi connectivity index (χ2n) is 12.1. The normalized spacial score (nSPS) is 22.8. The number of alkyl halides is 3. The highest BCUT2D eigenvalue weighted by Crippen LogP contribution is 2.35. The number of carbonyl (C=O) groups is 2. The summed E-state index contributed by atoms with van der Waals surface area (Å²) in [5.41, 5.74) is -0.812. The number of likely N-dealkylation sites (tertiary alicyclic amines) is 2. The molecule has 1 aromatic heterocycles. The van der Waals surface area contributed by atoms with Crippen LogP contribution in [-0.2, 0) is 15.8 Å². The van der Waals surface area contributed by atoms with E-state index in [9.17, 15) is 22.8 Å². The van der Waals surface area contributed by atoms with Gasteiger partial charge in [0.05, 0.1) is 5.56 Å². The quantitative estimate of drug-likeness (QED) is 0.463. The van der Waals surface area contributed by atoms with Crippen molar-refractivity contribution in [3.05, 3.63) is 48.2 Å². The lowest BCUT2D eigenvalue weighted by molar-refractivity contribution is -0.143. The summed E-state index contributed by atoms with van der Waals surface area (Å²) in [5.74, 6) is 1.39. The van der Waals surface area contributed by atoms with E-state index in [1.54, 1.807) is 4.90 Å². The fourth-order valence-electron chi connectivity index (χ4n) is 7.03. The molecule has 0 unspecified atom stereocenters. The molecule has 232 valence electrons. The molecule has 4 heterocycles. The number of fused-ring (bicyclic) bond motifs is 1. The van der Waals surface area contributed by atoms with Crippen molar-refractivity contribution in [1.82, 2.24) is 14.8 Å². The lowest BCUT2D eigenvalue weighted by Gasteiger charge is -2.44. The molecule has 1 aliphatic carbocycles. The summed E-state index contributed by atoms with van der Waals surface area (Å²) in [6.07, 6.45) is 3.62. The van der Waals surface area contributed by atoms with Crippen molar-refractivity contribution < 1.29 is 32.2 Å². The average molecular weight is 601 g/mol. The molecule has 0 N–H and O–H groups in total. The number of carbonyl (C=O) groups excluding carboxylic acids is 2. The molecule has 0 radical (unpaired) electrons. The van der Waals surface area contributed by atoms with Gasteiger partial charge in [-0.05, 0) is 62.8 Å². The molecule has 1 aromatic carbocycles. The second kappa shape index (κ2) is 12.7. The largest absolute Gasteiger partial charge is 0.485 e. The lowest BCUT2D eigenvalue weighted by Crippen LogP contribution is -2.55. The maximum atomic E-state index is 13.8. The zero-order chi connectivity index (χ0) is 30.0. The standard InChI is InChI=1S/C32H39F3N4O4/c33-32(34,35)23-10-11-29(36-20-23)39(30(40)22-6-2-1-3-7-22)25-14-16-37(17-15-25)24-12-18-38(19-13-24)31(41)28-21-42-26-8-4-5-9-27(26)43-28/h4-5,8-11,20,22,24-25,28H,1-3,6-7,12-19,21H2/t28-/m0/s1. The second-order valence-corrected chi connectivity index (χ2v) is 12.1. The van der Waals surface area contributed by atoms with Crippen molar-refractivity contribution in [3.63, 3.8) is 0 Å². The van der Waals surface area contributed by atoms with Gasteiger partial charge in [0.1, 0.15) is 12.4 Å². The highest BCUT2D eigenvalue weighted by molar-refractivity contribution is 5.94. The third-order valence-electron chi connectivity index (χ3n) is 9.45. The first-order valence-electron chi connectivity index (χ1n) is 15.6. The van der Waals surface area contributed by atoms with Crippen molar-refractivity contribution >= 4 is 17.6 Å². The molecular formula is C32H39F3N4O4. The van der Waals surface area contributed by atoms with Crippen LogP contribution in [0.5, 0.6) is 11.5 Å². The van der Waals surface area contributed by atoms with Gasteiger partial charge in [0, 0.05) is 50.4 Å². The van der Waals surface area contributed by atoms with Gasteiger partial charge in [-0.2, -0.15) is 13.2 Å². The van der Waals surface area contributed by atoms with Crippen LogP contribution >= 0.6 is 0 Å². The van der Waals surface area contributed by atoms with Gasteiger partial charge in [-0.25, -0.2) is 4.98 Å². The van der Waals surface area contributed by atoms with E-state index in [2.05, 4.69) is 9.88 Å². The number of hydrogen-bond donors (Lipinski definition) is 0. The lowest BCUT2D eigenvalue weighted by atomic mass is 9.87. The van der Waals surface area contributed by atoms with Crippen LogP contribution in [0, 0.1) is 5.92 Å². The number of aromatic nitrogens is 1. The summed E-state index contributed by atoms with van der Waals surface area (Å²) >= 11 is 0. The molecule has 0 bridgehead atoms. The van der Waals surface area contributed by atoms with Gasteiger partial charge in [-0.1, -0.05) is 31.4 Å². The van der Waals surface area contributed by atoms with E-state index in [0.29, 0.717) is 36.4 Å². The van der Waals surface area contributed by atoms with Crippen molar-refractivity contribution in [3.8, 4) is 11.5 Å². The Bertz CT molecular complexity index is 1270. The molecule has 2 amide bonds. The van der Waals surface area contributed by atoms with Gasteiger partial charge in [0.2, 0.25) is 12.0 Å². The van der Waals surface area contributed by atoms with Crippen molar-refractivity contribution in [2.24, 2.45) is 5.92 Å².